The summed E-state index contributed by atoms with van der Waals surface area (Å²) in [5.41, 5.74) is 4.77. The van der Waals surface area contributed by atoms with E-state index in [1.165, 1.54) is 30.2 Å². The molecule has 2 heterocycles. The molecule has 1 fully saturated rings. The Balaban J connectivity index is 1.19. The van der Waals surface area contributed by atoms with Crippen LogP contribution >= 0.6 is 11.8 Å². The van der Waals surface area contributed by atoms with Gasteiger partial charge in [0.2, 0.25) is 15.9 Å². The van der Waals surface area contributed by atoms with Gasteiger partial charge in [-0.25, -0.2) is 13.4 Å². The van der Waals surface area contributed by atoms with Gasteiger partial charge in [-0.3, -0.25) is 9.89 Å². The summed E-state index contributed by atoms with van der Waals surface area (Å²) in [5, 5.41) is 19.9. The minimum Gasteiger partial charge on any atom is -0.392 e. The van der Waals surface area contributed by atoms with E-state index in [9.17, 15) is 18.3 Å². The van der Waals surface area contributed by atoms with Crippen LogP contribution in [0, 0.1) is 12.8 Å². The van der Waals surface area contributed by atoms with Crippen LogP contribution < -0.4 is 10.0 Å². The van der Waals surface area contributed by atoms with Gasteiger partial charge < -0.3 is 19.9 Å². The molecule has 11 nitrogen and oxygen atoms in total. The lowest BCUT2D eigenvalue weighted by molar-refractivity contribution is -0.268. The van der Waals surface area contributed by atoms with Gasteiger partial charge in [-0.15, -0.1) is 0 Å². The molecule has 5 aromatic rings. The molecule has 0 aliphatic carbocycles. The Hall–Kier alpha value is -4.37. The normalized spacial score (nSPS) is 19.9. The number of aromatic amines is 1. The lowest BCUT2D eigenvalue weighted by Crippen LogP contribution is -2.45. The van der Waals surface area contributed by atoms with Crippen molar-refractivity contribution in [3.8, 4) is 0 Å². The fraction of sp³-hybridized carbons (Fsp3) is 0.270. The highest BCUT2D eigenvalue weighted by molar-refractivity contribution is 7.99. The van der Waals surface area contributed by atoms with Gasteiger partial charge in [-0.1, -0.05) is 103 Å². The van der Waals surface area contributed by atoms with Crippen molar-refractivity contribution in [3.05, 3.63) is 137 Å². The first-order valence-corrected chi connectivity index (χ1v) is 18.7. The van der Waals surface area contributed by atoms with Crippen molar-refractivity contribution in [3.63, 3.8) is 0 Å². The van der Waals surface area contributed by atoms with Crippen molar-refractivity contribution in [2.24, 2.45) is 5.92 Å². The third-order valence-corrected chi connectivity index (χ3v) is 11.0. The summed E-state index contributed by atoms with van der Waals surface area (Å²) in [7, 11) is -3.98. The topological polar surface area (TPSA) is 156 Å². The number of aryl methyl sites for hydroxylation is 1. The molecule has 4 N–H and O–H groups in total. The lowest BCUT2D eigenvalue weighted by Gasteiger charge is -2.41. The van der Waals surface area contributed by atoms with Crippen LogP contribution in [0.15, 0.2) is 120 Å². The number of aliphatic hydroxyl groups excluding tert-OH is 1. The molecule has 260 valence electrons. The second-order valence-corrected chi connectivity index (χ2v) is 14.9. The number of amides is 1. The highest BCUT2D eigenvalue weighted by atomic mass is 32.2. The van der Waals surface area contributed by atoms with Crippen LogP contribution in [-0.4, -0.2) is 52.5 Å². The molecule has 0 spiro atoms. The van der Waals surface area contributed by atoms with Gasteiger partial charge in [0.15, 0.2) is 11.4 Å². The molecule has 0 saturated carbocycles. The highest BCUT2D eigenvalue weighted by Crippen LogP contribution is 2.43. The number of anilines is 1. The number of carbonyl (C=O) groups is 1. The second kappa shape index (κ2) is 16.1. The Morgan fingerprint density at radius 1 is 0.920 bits per heavy atom. The lowest BCUT2D eigenvalue weighted by atomic mass is 9.91. The summed E-state index contributed by atoms with van der Waals surface area (Å²) in [6, 6.07) is 29.5. The molecule has 1 amide bonds. The summed E-state index contributed by atoms with van der Waals surface area (Å²) < 4.78 is 42.3. The minimum absolute atomic E-state index is 0.00885. The van der Waals surface area contributed by atoms with E-state index in [0.29, 0.717) is 16.6 Å². The Bertz CT molecular complexity index is 1940. The Morgan fingerprint density at radius 3 is 2.28 bits per heavy atom. The number of aliphatic hydroxyl groups is 1. The molecule has 0 radical (unpaired) electrons. The van der Waals surface area contributed by atoms with Gasteiger partial charge in [0.05, 0.1) is 23.7 Å². The van der Waals surface area contributed by atoms with Crippen molar-refractivity contribution in [2.45, 2.75) is 61.5 Å². The first-order chi connectivity index (χ1) is 24.2. The van der Waals surface area contributed by atoms with Crippen LogP contribution in [0.3, 0.4) is 0 Å². The zero-order chi connectivity index (χ0) is 35.1. The predicted octanol–water partition coefficient (Wildman–Crippen LogP) is 5.72. The van der Waals surface area contributed by atoms with Crippen LogP contribution in [0.4, 0.5) is 5.69 Å². The first-order valence-electron chi connectivity index (χ1n) is 16.2. The Kier molecular flexibility index (Phi) is 11.4. The van der Waals surface area contributed by atoms with Gasteiger partial charge in [0, 0.05) is 22.9 Å². The number of H-pyrrole nitrogens is 1. The molecule has 1 aliphatic heterocycles. The number of hydrogen-bond donors (Lipinski definition) is 4. The molecule has 5 atom stereocenters. The molecule has 50 heavy (non-hydrogen) atoms. The standard InChI is InChI=1S/C37H39N5O6S2/c1-24-8-18-31(19-9-24)50(45,46)42-32(20-26-6-4-3-5-7-26)35(44)40-30-16-14-29(15-17-30)36-47-33(22-49-37-38-23-39-41-37)25(2)34(48-36)28-12-10-27(21-43)11-13-28/h3-19,23,25,32-34,36,42-43H,20-22H2,1-2H3,(H,40,44)(H,38,39,41). The number of sulfonamides is 1. The monoisotopic (exact) mass is 713 g/mol. The van der Waals surface area contributed by atoms with E-state index in [1.54, 1.807) is 24.3 Å². The van der Waals surface area contributed by atoms with Crippen molar-refractivity contribution in [2.75, 3.05) is 11.1 Å². The number of nitrogens with zero attached hydrogens (tertiary/aromatic N) is 2. The average Bonchev–Trinajstić information content (AvgIpc) is 3.66. The molecule has 6 rings (SSSR count). The number of ether oxygens (including phenoxy) is 2. The molecule has 5 unspecified atom stereocenters. The smallest absolute Gasteiger partial charge is 0.242 e. The number of rotatable bonds is 13. The number of thioether (sulfide) groups is 1. The quantitative estimate of drug-likeness (QED) is 0.112. The summed E-state index contributed by atoms with van der Waals surface area (Å²) in [5.74, 6) is 0.106. The molecule has 0 bridgehead atoms. The third kappa shape index (κ3) is 8.85. The van der Waals surface area contributed by atoms with Gasteiger partial charge >= 0.3 is 0 Å². The summed E-state index contributed by atoms with van der Waals surface area (Å²) in [4.78, 5) is 17.9. The van der Waals surface area contributed by atoms with E-state index in [2.05, 4.69) is 32.1 Å². The van der Waals surface area contributed by atoms with Crippen LogP contribution in [0.25, 0.3) is 0 Å². The molecule has 1 saturated heterocycles. The van der Waals surface area contributed by atoms with E-state index in [0.717, 1.165) is 27.8 Å². The van der Waals surface area contributed by atoms with Crippen molar-refractivity contribution in [1.29, 1.82) is 0 Å². The number of carbonyl (C=O) groups excluding carboxylic acids is 1. The van der Waals surface area contributed by atoms with Crippen LogP contribution in [0.2, 0.25) is 0 Å². The van der Waals surface area contributed by atoms with E-state index < -0.39 is 28.3 Å². The second-order valence-electron chi connectivity index (χ2n) is 12.2. The summed E-state index contributed by atoms with van der Waals surface area (Å²) >= 11 is 1.51. The Labute approximate surface area is 295 Å². The number of benzene rings is 4. The summed E-state index contributed by atoms with van der Waals surface area (Å²) in [6.45, 7) is 3.92. The van der Waals surface area contributed by atoms with Gasteiger partial charge in [0.25, 0.3) is 0 Å². The molecular formula is C37H39N5O6S2. The zero-order valence-corrected chi connectivity index (χ0v) is 29.2. The van der Waals surface area contributed by atoms with Gasteiger partial charge in [-0.2, -0.15) is 9.82 Å². The predicted molar refractivity (Wildman–Crippen MR) is 191 cm³/mol. The number of nitrogens with one attached hydrogen (secondary N) is 3. The van der Waals surface area contributed by atoms with E-state index in [-0.39, 0.29) is 36.0 Å². The van der Waals surface area contributed by atoms with E-state index >= 15 is 0 Å². The van der Waals surface area contributed by atoms with Gasteiger partial charge in [-0.05, 0) is 54.3 Å². The molecule has 1 aromatic heterocycles. The Morgan fingerprint density at radius 2 is 1.62 bits per heavy atom. The zero-order valence-electron chi connectivity index (χ0n) is 27.6. The fourth-order valence-electron chi connectivity index (χ4n) is 5.70. The molecule has 13 heteroatoms. The van der Waals surface area contributed by atoms with Crippen molar-refractivity contribution < 1.29 is 27.8 Å². The largest absolute Gasteiger partial charge is 0.392 e. The van der Waals surface area contributed by atoms with Crippen molar-refractivity contribution >= 4 is 33.4 Å². The molecule has 1 aliphatic rings. The van der Waals surface area contributed by atoms with Crippen LogP contribution in [0.1, 0.15) is 47.1 Å². The van der Waals surface area contributed by atoms with Crippen molar-refractivity contribution in [1.82, 2.24) is 19.9 Å². The van der Waals surface area contributed by atoms with Crippen LogP contribution in [-0.2, 0) is 37.3 Å². The molecular weight excluding hydrogens is 675 g/mol. The van der Waals surface area contributed by atoms with E-state index in [1.807, 2.05) is 73.7 Å². The third-order valence-electron chi connectivity index (χ3n) is 8.58. The maximum atomic E-state index is 13.6. The molecule has 4 aromatic carbocycles. The minimum atomic E-state index is -3.98. The van der Waals surface area contributed by atoms with Crippen LogP contribution in [0.5, 0.6) is 0 Å². The number of aromatic nitrogens is 3. The fourth-order valence-corrected chi connectivity index (χ4v) is 7.84. The average molecular weight is 714 g/mol. The maximum absolute atomic E-state index is 13.6. The maximum Gasteiger partial charge on any atom is 0.242 e. The number of hydrogen-bond acceptors (Lipinski definition) is 9. The first kappa shape index (κ1) is 35.5. The van der Waals surface area contributed by atoms with Gasteiger partial charge in [0.1, 0.15) is 12.4 Å². The highest BCUT2D eigenvalue weighted by Gasteiger charge is 2.38. The van der Waals surface area contributed by atoms with E-state index in [4.69, 9.17) is 9.47 Å². The summed E-state index contributed by atoms with van der Waals surface area (Å²) in [6.07, 6.45) is 0.429. The SMILES string of the molecule is Cc1ccc(S(=O)(=O)NC(Cc2ccccc2)C(=O)Nc2ccc(C3OC(CSc4ncn[nH]4)C(C)C(c4ccc(CO)cc4)O3)cc2)cc1.